The summed E-state index contributed by atoms with van der Waals surface area (Å²) in [6.45, 7) is 7.42. The van der Waals surface area contributed by atoms with Crippen molar-refractivity contribution in [1.29, 1.82) is 0 Å². The van der Waals surface area contributed by atoms with Crippen molar-refractivity contribution in [2.75, 3.05) is 6.54 Å². The van der Waals surface area contributed by atoms with Crippen LogP contribution in [-0.2, 0) is 4.79 Å². The van der Waals surface area contributed by atoms with Gasteiger partial charge >= 0.3 is 0 Å². The average molecular weight is 211 g/mol. The van der Waals surface area contributed by atoms with Gasteiger partial charge in [0.25, 0.3) is 0 Å². The highest BCUT2D eigenvalue weighted by atomic mass is 16.1. The summed E-state index contributed by atoms with van der Waals surface area (Å²) >= 11 is 0. The first-order chi connectivity index (χ1) is 7.16. The second kappa shape index (κ2) is 5.64. The molecule has 0 spiro atoms. The van der Waals surface area contributed by atoms with Crippen molar-refractivity contribution < 1.29 is 4.79 Å². The van der Waals surface area contributed by atoms with Gasteiger partial charge in [-0.2, -0.15) is 0 Å². The Balaban J connectivity index is 2.66. The third-order valence-corrected chi connectivity index (χ3v) is 3.56. The lowest BCUT2D eigenvalue weighted by Gasteiger charge is -2.30. The van der Waals surface area contributed by atoms with Gasteiger partial charge in [0.15, 0.2) is 5.78 Å². The predicted octanol–water partition coefficient (Wildman–Crippen LogP) is 2.91. The first-order valence-electron chi connectivity index (χ1n) is 6.45. The zero-order valence-corrected chi connectivity index (χ0v) is 10.4. The van der Waals surface area contributed by atoms with E-state index in [2.05, 4.69) is 26.1 Å². The Bertz CT molecular complexity index is 207. The topological polar surface area (TPSA) is 29.1 Å². The molecule has 1 heterocycles. The number of hydrogen-bond acceptors (Lipinski definition) is 2. The third kappa shape index (κ3) is 2.81. The summed E-state index contributed by atoms with van der Waals surface area (Å²) in [7, 11) is 0. The van der Waals surface area contributed by atoms with Gasteiger partial charge in [0, 0.05) is 5.92 Å². The van der Waals surface area contributed by atoms with Crippen LogP contribution in [0.4, 0.5) is 0 Å². The van der Waals surface area contributed by atoms with Crippen LogP contribution in [0.15, 0.2) is 0 Å². The molecule has 0 radical (unpaired) electrons. The van der Waals surface area contributed by atoms with Crippen LogP contribution in [0.5, 0.6) is 0 Å². The molecular formula is C13H25NO. The third-order valence-electron chi connectivity index (χ3n) is 3.56. The highest BCUT2D eigenvalue weighted by Gasteiger charge is 2.41. The molecule has 2 atom stereocenters. The molecule has 1 aliphatic rings. The summed E-state index contributed by atoms with van der Waals surface area (Å²) in [5.41, 5.74) is -0.163. The SMILES string of the molecule is CCCC(C)C(=O)C1(CCC)CCCN1. The molecule has 1 aliphatic heterocycles. The van der Waals surface area contributed by atoms with Crippen molar-refractivity contribution in [1.82, 2.24) is 5.32 Å². The van der Waals surface area contributed by atoms with Gasteiger partial charge in [-0.05, 0) is 32.2 Å². The van der Waals surface area contributed by atoms with Gasteiger partial charge in [-0.15, -0.1) is 0 Å². The fourth-order valence-electron chi connectivity index (χ4n) is 2.82. The smallest absolute Gasteiger partial charge is 0.155 e. The van der Waals surface area contributed by atoms with Crippen LogP contribution in [0.25, 0.3) is 0 Å². The molecule has 1 saturated heterocycles. The lowest BCUT2D eigenvalue weighted by Crippen LogP contribution is -2.49. The fourth-order valence-corrected chi connectivity index (χ4v) is 2.82. The van der Waals surface area contributed by atoms with Gasteiger partial charge in [0.2, 0.25) is 0 Å². The van der Waals surface area contributed by atoms with Crippen LogP contribution >= 0.6 is 0 Å². The summed E-state index contributed by atoms with van der Waals surface area (Å²) in [6.07, 6.45) is 6.46. The molecule has 0 aliphatic carbocycles. The molecule has 15 heavy (non-hydrogen) atoms. The average Bonchev–Trinajstić information content (AvgIpc) is 2.67. The monoisotopic (exact) mass is 211 g/mol. The minimum atomic E-state index is -0.163. The van der Waals surface area contributed by atoms with E-state index in [1.165, 1.54) is 0 Å². The summed E-state index contributed by atoms with van der Waals surface area (Å²) in [5.74, 6) is 0.691. The molecule has 0 bridgehead atoms. The number of carbonyl (C=O) groups is 1. The van der Waals surface area contributed by atoms with E-state index in [9.17, 15) is 4.79 Å². The molecule has 0 amide bonds. The molecular weight excluding hydrogens is 186 g/mol. The van der Waals surface area contributed by atoms with Gasteiger partial charge in [-0.25, -0.2) is 0 Å². The standard InChI is InChI=1S/C13H25NO/c1-4-7-11(3)12(15)13(8-5-2)9-6-10-14-13/h11,14H,4-10H2,1-3H3. The zero-order valence-electron chi connectivity index (χ0n) is 10.4. The van der Waals surface area contributed by atoms with Crippen molar-refractivity contribution in [3.8, 4) is 0 Å². The second-order valence-corrected chi connectivity index (χ2v) is 4.92. The molecule has 2 nitrogen and oxygen atoms in total. The fraction of sp³-hybridized carbons (Fsp3) is 0.923. The molecule has 0 aromatic heterocycles. The molecule has 2 heteroatoms. The molecule has 2 unspecified atom stereocenters. The van der Waals surface area contributed by atoms with Crippen molar-refractivity contribution in [2.45, 2.75) is 64.8 Å². The Morgan fingerprint density at radius 1 is 1.40 bits per heavy atom. The van der Waals surface area contributed by atoms with Crippen molar-refractivity contribution in [2.24, 2.45) is 5.92 Å². The maximum Gasteiger partial charge on any atom is 0.155 e. The van der Waals surface area contributed by atoms with Gasteiger partial charge in [-0.1, -0.05) is 33.6 Å². The van der Waals surface area contributed by atoms with Crippen LogP contribution in [0.2, 0.25) is 0 Å². The van der Waals surface area contributed by atoms with Crippen molar-refractivity contribution in [3.05, 3.63) is 0 Å². The first-order valence-corrected chi connectivity index (χ1v) is 6.45. The number of rotatable bonds is 6. The minimum Gasteiger partial charge on any atom is -0.305 e. The van der Waals surface area contributed by atoms with Gasteiger partial charge in [-0.3, -0.25) is 4.79 Å². The summed E-state index contributed by atoms with van der Waals surface area (Å²) in [6, 6.07) is 0. The predicted molar refractivity (Wildman–Crippen MR) is 64.0 cm³/mol. The lowest BCUT2D eigenvalue weighted by atomic mass is 9.80. The number of ketones is 1. The van der Waals surface area contributed by atoms with E-state index in [4.69, 9.17) is 0 Å². The van der Waals surface area contributed by atoms with Crippen LogP contribution in [-0.4, -0.2) is 17.9 Å². The molecule has 0 saturated carbocycles. The number of carbonyl (C=O) groups excluding carboxylic acids is 1. The van der Waals surface area contributed by atoms with Gasteiger partial charge in [0.05, 0.1) is 5.54 Å². The Hall–Kier alpha value is -0.370. The van der Waals surface area contributed by atoms with E-state index in [0.29, 0.717) is 5.78 Å². The minimum absolute atomic E-state index is 0.163. The summed E-state index contributed by atoms with van der Waals surface area (Å²) < 4.78 is 0. The highest BCUT2D eigenvalue weighted by molar-refractivity contribution is 5.90. The van der Waals surface area contributed by atoms with Gasteiger partial charge < -0.3 is 5.32 Å². The maximum atomic E-state index is 12.4. The van der Waals surface area contributed by atoms with E-state index in [-0.39, 0.29) is 11.5 Å². The van der Waals surface area contributed by atoms with E-state index < -0.39 is 0 Å². The second-order valence-electron chi connectivity index (χ2n) is 4.92. The quantitative estimate of drug-likeness (QED) is 0.732. The van der Waals surface area contributed by atoms with E-state index in [0.717, 1.165) is 45.1 Å². The number of nitrogens with one attached hydrogen (secondary N) is 1. The first kappa shape index (κ1) is 12.7. The normalized spacial score (nSPS) is 27.9. The molecule has 0 aromatic rings. The molecule has 1 fully saturated rings. The summed E-state index contributed by atoms with van der Waals surface area (Å²) in [4.78, 5) is 12.4. The Kier molecular flexibility index (Phi) is 4.78. The maximum absolute atomic E-state index is 12.4. The van der Waals surface area contributed by atoms with E-state index in [1.807, 2.05) is 0 Å². The van der Waals surface area contributed by atoms with Crippen LogP contribution in [0, 0.1) is 5.92 Å². The molecule has 1 rings (SSSR count). The zero-order chi connectivity index (χ0) is 11.3. The van der Waals surface area contributed by atoms with E-state index in [1.54, 1.807) is 0 Å². The van der Waals surface area contributed by atoms with Crippen molar-refractivity contribution >= 4 is 5.78 Å². The molecule has 1 N–H and O–H groups in total. The van der Waals surface area contributed by atoms with Gasteiger partial charge in [0.1, 0.15) is 0 Å². The number of hydrogen-bond donors (Lipinski definition) is 1. The summed E-state index contributed by atoms with van der Waals surface area (Å²) in [5, 5.41) is 3.46. The molecule has 88 valence electrons. The Labute approximate surface area is 93.8 Å². The Morgan fingerprint density at radius 2 is 2.13 bits per heavy atom. The van der Waals surface area contributed by atoms with Crippen LogP contribution in [0.3, 0.4) is 0 Å². The Morgan fingerprint density at radius 3 is 2.60 bits per heavy atom. The van der Waals surface area contributed by atoms with Crippen LogP contribution < -0.4 is 5.32 Å². The largest absolute Gasteiger partial charge is 0.305 e. The number of Topliss-reactive ketones (excluding diaryl/α,β-unsaturated/α-hetero) is 1. The van der Waals surface area contributed by atoms with E-state index >= 15 is 0 Å². The molecule has 0 aromatic carbocycles. The highest BCUT2D eigenvalue weighted by Crippen LogP contribution is 2.29. The van der Waals surface area contributed by atoms with Crippen molar-refractivity contribution in [3.63, 3.8) is 0 Å². The van der Waals surface area contributed by atoms with Crippen LogP contribution in [0.1, 0.15) is 59.3 Å². The lowest BCUT2D eigenvalue weighted by molar-refractivity contribution is -0.129.